The van der Waals surface area contributed by atoms with E-state index in [4.69, 9.17) is 0 Å². The highest BCUT2D eigenvalue weighted by Gasteiger charge is 2.32. The zero-order valence-electron chi connectivity index (χ0n) is 24.9. The molecular formula is C33H40F3N3O5S. The van der Waals surface area contributed by atoms with Crippen LogP contribution in [0, 0.1) is 0 Å². The Bertz CT molecular complexity index is 1440. The van der Waals surface area contributed by atoms with Crippen LogP contribution in [0.3, 0.4) is 0 Å². The van der Waals surface area contributed by atoms with Crippen LogP contribution in [0.15, 0.2) is 72.8 Å². The molecule has 12 heteroatoms. The maximum Gasteiger partial charge on any atom is 0.573 e. The van der Waals surface area contributed by atoms with Gasteiger partial charge in [-0.15, -0.1) is 23.9 Å². The van der Waals surface area contributed by atoms with Gasteiger partial charge in [0.1, 0.15) is 5.75 Å². The van der Waals surface area contributed by atoms with Gasteiger partial charge in [0, 0.05) is 25.2 Å². The third-order valence-electron chi connectivity index (χ3n) is 8.34. The van der Waals surface area contributed by atoms with Gasteiger partial charge in [-0.3, -0.25) is 18.2 Å². The van der Waals surface area contributed by atoms with Crippen molar-refractivity contribution in [2.24, 2.45) is 0 Å². The third-order valence-corrected chi connectivity index (χ3v) is 10.3. The summed E-state index contributed by atoms with van der Waals surface area (Å²) in [5, 5.41) is 17.3. The maximum absolute atomic E-state index is 13.8. The van der Waals surface area contributed by atoms with Gasteiger partial charge in [-0.1, -0.05) is 55.3 Å². The van der Waals surface area contributed by atoms with Crippen molar-refractivity contribution in [1.29, 1.82) is 0 Å². The number of aliphatic hydroxyl groups is 1. The van der Waals surface area contributed by atoms with Gasteiger partial charge < -0.3 is 20.5 Å². The number of rotatable bonds is 12. The Kier molecular flexibility index (Phi) is 10.6. The fourth-order valence-corrected chi connectivity index (χ4v) is 7.72. The quantitative estimate of drug-likeness (QED) is 0.150. The first-order valence-electron chi connectivity index (χ1n) is 15.2. The highest BCUT2D eigenvalue weighted by atomic mass is 32.3. The summed E-state index contributed by atoms with van der Waals surface area (Å²) in [6, 6.07) is 19.9. The molecule has 0 aromatic heterocycles. The van der Waals surface area contributed by atoms with Crippen LogP contribution in [0.2, 0.25) is 0 Å². The molecule has 1 amide bonds. The Hall–Kier alpha value is -3.29. The normalized spacial score (nSPS) is 18.8. The number of carbonyl (C=O) groups excluding carboxylic acids is 1. The van der Waals surface area contributed by atoms with E-state index < -0.39 is 29.3 Å². The second-order valence-corrected chi connectivity index (χ2v) is 13.9. The lowest BCUT2D eigenvalue weighted by Crippen LogP contribution is -2.48. The second kappa shape index (κ2) is 14.4. The van der Waals surface area contributed by atoms with Gasteiger partial charge in [0.15, 0.2) is 0 Å². The Morgan fingerprint density at radius 2 is 1.71 bits per heavy atom. The molecule has 45 heavy (non-hydrogen) atoms. The van der Waals surface area contributed by atoms with Crippen molar-refractivity contribution < 1.29 is 36.9 Å². The molecule has 244 valence electrons. The molecule has 1 aliphatic carbocycles. The fourth-order valence-electron chi connectivity index (χ4n) is 6.12. The van der Waals surface area contributed by atoms with Crippen LogP contribution in [0.1, 0.15) is 65.1 Å². The van der Waals surface area contributed by atoms with Crippen molar-refractivity contribution in [2.75, 3.05) is 23.1 Å². The standard InChI is InChI=1S/C33H40F3N3O5S/c34-33(35,36)44-29-13-6-10-24(16-29)21-37-22-31(40)30(17-23-8-2-1-3-9-23)38-32(41)27-18-26(25-11-4-5-12-25)19-28(20-27)39-14-7-15-45(39,42)43/h1-3,6,8-10,13,16,18-20,25,30-31,37,40,42-43H,4-5,7,11-12,14-15,17,21-22H2,(H,38,41)/t30-,31+/m0/s1. The lowest BCUT2D eigenvalue weighted by Gasteiger charge is -2.38. The lowest BCUT2D eigenvalue weighted by atomic mass is 9.94. The van der Waals surface area contributed by atoms with E-state index in [9.17, 15) is 32.2 Å². The second-order valence-electron chi connectivity index (χ2n) is 11.7. The van der Waals surface area contributed by atoms with Crippen molar-refractivity contribution in [3.05, 3.63) is 95.1 Å². The molecule has 1 aliphatic heterocycles. The average molecular weight is 648 g/mol. The molecular weight excluding hydrogens is 607 g/mol. The molecule has 0 unspecified atom stereocenters. The Morgan fingerprint density at radius 3 is 2.40 bits per heavy atom. The van der Waals surface area contributed by atoms with Crippen molar-refractivity contribution in [1.82, 2.24) is 10.6 Å². The number of benzene rings is 3. The molecule has 1 saturated heterocycles. The SMILES string of the molecule is O=C(N[C@@H](Cc1ccccc1)[C@H](O)CNCc1cccc(OC(F)(F)F)c1)c1cc(C2CCCC2)cc(N2CCCS2(O)O)c1. The highest BCUT2D eigenvalue weighted by molar-refractivity contribution is 8.25. The molecule has 2 atom stereocenters. The number of ether oxygens (including phenoxy) is 1. The van der Waals surface area contributed by atoms with Crippen LogP contribution in [-0.4, -0.2) is 57.5 Å². The highest BCUT2D eigenvalue weighted by Crippen LogP contribution is 2.51. The van der Waals surface area contributed by atoms with Gasteiger partial charge in [-0.25, -0.2) is 0 Å². The van der Waals surface area contributed by atoms with Gasteiger partial charge in [0.05, 0.1) is 23.6 Å². The monoisotopic (exact) mass is 647 g/mol. The van der Waals surface area contributed by atoms with E-state index in [0.29, 0.717) is 42.0 Å². The number of anilines is 1. The first kappa shape index (κ1) is 33.1. The fraction of sp³-hybridized carbons (Fsp3) is 0.424. The largest absolute Gasteiger partial charge is 0.573 e. The Labute approximate surface area is 263 Å². The molecule has 3 aromatic carbocycles. The summed E-state index contributed by atoms with van der Waals surface area (Å²) in [4.78, 5) is 13.8. The predicted octanol–water partition coefficient (Wildman–Crippen LogP) is 6.61. The molecule has 3 aromatic rings. The zero-order chi connectivity index (χ0) is 32.0. The third kappa shape index (κ3) is 9.14. The van der Waals surface area contributed by atoms with Gasteiger partial charge in [0.2, 0.25) is 0 Å². The van der Waals surface area contributed by atoms with Gasteiger partial charge in [-0.05, 0) is 78.6 Å². The van der Waals surface area contributed by atoms with Crippen LogP contribution in [0.25, 0.3) is 0 Å². The van der Waals surface area contributed by atoms with E-state index in [1.54, 1.807) is 16.4 Å². The molecule has 0 radical (unpaired) electrons. The first-order chi connectivity index (χ1) is 21.5. The smallest absolute Gasteiger partial charge is 0.406 e. The van der Waals surface area contributed by atoms with Crippen molar-refractivity contribution in [3.63, 3.8) is 0 Å². The molecule has 2 fully saturated rings. The molecule has 0 bridgehead atoms. The van der Waals surface area contributed by atoms with E-state index in [1.807, 2.05) is 42.5 Å². The van der Waals surface area contributed by atoms with Gasteiger partial charge >= 0.3 is 6.36 Å². The van der Waals surface area contributed by atoms with Crippen LogP contribution in [0.4, 0.5) is 18.9 Å². The number of nitrogens with one attached hydrogen (secondary N) is 2. The molecule has 1 heterocycles. The topological polar surface area (TPSA) is 114 Å². The van der Waals surface area contributed by atoms with Crippen LogP contribution >= 0.6 is 10.8 Å². The average Bonchev–Trinajstić information content (AvgIpc) is 3.66. The Morgan fingerprint density at radius 1 is 0.978 bits per heavy atom. The van der Waals surface area contributed by atoms with Crippen LogP contribution < -0.4 is 19.7 Å². The van der Waals surface area contributed by atoms with E-state index >= 15 is 0 Å². The summed E-state index contributed by atoms with van der Waals surface area (Å²) in [7, 11) is -2.96. The summed E-state index contributed by atoms with van der Waals surface area (Å²) in [5.41, 5.74) is 3.44. The van der Waals surface area contributed by atoms with E-state index in [2.05, 4.69) is 15.4 Å². The van der Waals surface area contributed by atoms with E-state index in [0.717, 1.165) is 36.8 Å². The van der Waals surface area contributed by atoms with E-state index in [1.165, 1.54) is 18.2 Å². The lowest BCUT2D eigenvalue weighted by molar-refractivity contribution is -0.274. The van der Waals surface area contributed by atoms with Gasteiger partial charge in [-0.2, -0.15) is 0 Å². The number of amides is 1. The van der Waals surface area contributed by atoms with Crippen molar-refractivity contribution in [3.8, 4) is 5.75 Å². The summed E-state index contributed by atoms with van der Waals surface area (Å²) in [6.45, 7) is 0.723. The van der Waals surface area contributed by atoms with Gasteiger partial charge in [0.25, 0.3) is 5.91 Å². The number of hydrogen-bond acceptors (Lipinski definition) is 7. The number of nitrogens with zero attached hydrogens (tertiary/aromatic N) is 1. The maximum atomic E-state index is 13.8. The van der Waals surface area contributed by atoms with Crippen LogP contribution in [-0.2, 0) is 13.0 Å². The zero-order valence-corrected chi connectivity index (χ0v) is 25.7. The number of halogens is 3. The van der Waals surface area contributed by atoms with E-state index in [-0.39, 0.29) is 30.7 Å². The number of aliphatic hydroxyl groups excluding tert-OH is 1. The minimum atomic E-state index is -4.79. The summed E-state index contributed by atoms with van der Waals surface area (Å²) in [6.07, 6.45) is -0.619. The minimum Gasteiger partial charge on any atom is -0.406 e. The van der Waals surface area contributed by atoms with Crippen molar-refractivity contribution in [2.45, 2.75) is 69.5 Å². The molecule has 5 N–H and O–H groups in total. The first-order valence-corrected chi connectivity index (χ1v) is 16.9. The summed E-state index contributed by atoms with van der Waals surface area (Å²) in [5.74, 6) is -0.134. The van der Waals surface area contributed by atoms with Crippen LogP contribution in [0.5, 0.6) is 5.75 Å². The summed E-state index contributed by atoms with van der Waals surface area (Å²) < 4.78 is 64.8. The Balaban J connectivity index is 1.32. The molecule has 1 saturated carbocycles. The number of alkyl halides is 3. The summed E-state index contributed by atoms with van der Waals surface area (Å²) >= 11 is 0. The van der Waals surface area contributed by atoms with Crippen molar-refractivity contribution >= 4 is 22.4 Å². The predicted molar refractivity (Wildman–Crippen MR) is 170 cm³/mol. The minimum absolute atomic E-state index is 0.0597. The number of hydrogen-bond donors (Lipinski definition) is 5. The molecule has 5 rings (SSSR count). The number of carbonyl (C=O) groups is 1. The molecule has 2 aliphatic rings. The molecule has 8 nitrogen and oxygen atoms in total. The molecule has 0 spiro atoms.